The van der Waals surface area contributed by atoms with Gasteiger partial charge >= 0.3 is 5.97 Å². The van der Waals surface area contributed by atoms with Crippen LogP contribution in [0.5, 0.6) is 5.75 Å². The van der Waals surface area contributed by atoms with Crippen LogP contribution in [-0.4, -0.2) is 24.8 Å². The Labute approximate surface area is 148 Å². The fourth-order valence-electron chi connectivity index (χ4n) is 2.62. The molecule has 0 aliphatic heterocycles. The molecular formula is C20H25NO4. The second kappa shape index (κ2) is 8.65. The van der Waals surface area contributed by atoms with Gasteiger partial charge in [-0.05, 0) is 35.6 Å². The third-order valence-corrected chi connectivity index (χ3v) is 3.97. The summed E-state index contributed by atoms with van der Waals surface area (Å²) in [5, 5.41) is 10.5. The zero-order valence-corrected chi connectivity index (χ0v) is 14.6. The third-order valence-electron chi connectivity index (χ3n) is 3.97. The SMILES string of the molecule is COC(=O)Cc1ccc(OC[C@@H](C)C[C@@](N)(O)c2ccccc2)cc1. The van der Waals surface area contributed by atoms with Crippen LogP contribution in [0.1, 0.15) is 24.5 Å². The highest BCUT2D eigenvalue weighted by Gasteiger charge is 2.26. The molecule has 3 N–H and O–H groups in total. The van der Waals surface area contributed by atoms with Crippen molar-refractivity contribution in [1.29, 1.82) is 0 Å². The van der Waals surface area contributed by atoms with Crippen LogP contribution in [0.2, 0.25) is 0 Å². The molecule has 0 aromatic heterocycles. The van der Waals surface area contributed by atoms with Crippen LogP contribution in [0.25, 0.3) is 0 Å². The first kappa shape index (κ1) is 19.0. The summed E-state index contributed by atoms with van der Waals surface area (Å²) in [6, 6.07) is 16.5. The van der Waals surface area contributed by atoms with E-state index in [0.29, 0.717) is 24.3 Å². The molecule has 134 valence electrons. The van der Waals surface area contributed by atoms with Gasteiger partial charge in [0.1, 0.15) is 11.5 Å². The number of aliphatic hydroxyl groups is 1. The molecule has 0 heterocycles. The highest BCUT2D eigenvalue weighted by Crippen LogP contribution is 2.24. The molecule has 5 nitrogen and oxygen atoms in total. The molecule has 2 aromatic rings. The van der Waals surface area contributed by atoms with Crippen molar-refractivity contribution in [2.24, 2.45) is 11.7 Å². The lowest BCUT2D eigenvalue weighted by Crippen LogP contribution is -2.38. The average Bonchev–Trinajstić information content (AvgIpc) is 2.61. The summed E-state index contributed by atoms with van der Waals surface area (Å²) in [6.45, 7) is 2.41. The number of carbonyl (C=O) groups is 1. The van der Waals surface area contributed by atoms with Gasteiger partial charge in [0.15, 0.2) is 0 Å². The van der Waals surface area contributed by atoms with Crippen LogP contribution in [0.4, 0.5) is 0 Å². The van der Waals surface area contributed by atoms with Gasteiger partial charge in [0.2, 0.25) is 0 Å². The minimum atomic E-state index is -1.38. The summed E-state index contributed by atoms with van der Waals surface area (Å²) in [5.41, 5.74) is 6.22. The molecule has 0 spiro atoms. The number of hydrogen-bond donors (Lipinski definition) is 2. The Balaban J connectivity index is 1.85. The highest BCUT2D eigenvalue weighted by molar-refractivity contribution is 5.72. The fraction of sp³-hybridized carbons (Fsp3) is 0.350. The van der Waals surface area contributed by atoms with Crippen molar-refractivity contribution in [3.63, 3.8) is 0 Å². The molecule has 0 aliphatic carbocycles. The van der Waals surface area contributed by atoms with Gasteiger partial charge in [0.25, 0.3) is 0 Å². The lowest BCUT2D eigenvalue weighted by molar-refractivity contribution is -0.139. The van der Waals surface area contributed by atoms with E-state index in [1.54, 1.807) is 0 Å². The molecule has 0 bridgehead atoms. The minimum Gasteiger partial charge on any atom is -0.493 e. The van der Waals surface area contributed by atoms with Gasteiger partial charge in [0, 0.05) is 0 Å². The Morgan fingerprint density at radius 1 is 1.16 bits per heavy atom. The zero-order chi connectivity index (χ0) is 18.3. The first-order valence-corrected chi connectivity index (χ1v) is 8.26. The molecule has 0 saturated heterocycles. The number of carbonyl (C=O) groups excluding carboxylic acids is 1. The van der Waals surface area contributed by atoms with Crippen LogP contribution in [0.15, 0.2) is 54.6 Å². The van der Waals surface area contributed by atoms with E-state index in [2.05, 4.69) is 4.74 Å². The van der Waals surface area contributed by atoms with E-state index in [9.17, 15) is 9.90 Å². The second-order valence-electron chi connectivity index (χ2n) is 6.31. The summed E-state index contributed by atoms with van der Waals surface area (Å²) < 4.78 is 10.4. The van der Waals surface area contributed by atoms with Gasteiger partial charge in [-0.25, -0.2) is 0 Å². The number of rotatable bonds is 8. The normalized spacial score (nSPS) is 14.4. The van der Waals surface area contributed by atoms with Gasteiger partial charge in [-0.2, -0.15) is 0 Å². The first-order valence-electron chi connectivity index (χ1n) is 8.26. The summed E-state index contributed by atoms with van der Waals surface area (Å²) in [4.78, 5) is 11.2. The highest BCUT2D eigenvalue weighted by atomic mass is 16.5. The summed E-state index contributed by atoms with van der Waals surface area (Å²) >= 11 is 0. The number of methoxy groups -OCH3 is 1. The van der Waals surface area contributed by atoms with E-state index < -0.39 is 5.72 Å². The Bertz CT molecular complexity index is 668. The second-order valence-corrected chi connectivity index (χ2v) is 6.31. The number of ether oxygens (including phenoxy) is 2. The fourth-order valence-corrected chi connectivity index (χ4v) is 2.62. The Morgan fingerprint density at radius 3 is 2.40 bits per heavy atom. The maximum Gasteiger partial charge on any atom is 0.309 e. The van der Waals surface area contributed by atoms with Crippen molar-refractivity contribution in [1.82, 2.24) is 0 Å². The molecule has 0 unspecified atom stereocenters. The van der Waals surface area contributed by atoms with Crippen molar-refractivity contribution in [2.45, 2.75) is 25.5 Å². The smallest absolute Gasteiger partial charge is 0.309 e. The predicted octanol–water partition coefficient (Wildman–Crippen LogP) is 2.61. The number of nitrogens with two attached hydrogens (primary N) is 1. The van der Waals surface area contributed by atoms with E-state index in [1.807, 2.05) is 61.5 Å². The topological polar surface area (TPSA) is 81.8 Å². The number of hydrogen-bond acceptors (Lipinski definition) is 5. The van der Waals surface area contributed by atoms with E-state index in [4.69, 9.17) is 10.5 Å². The summed E-state index contributed by atoms with van der Waals surface area (Å²) in [7, 11) is 1.37. The molecule has 0 aliphatic rings. The zero-order valence-electron chi connectivity index (χ0n) is 14.6. The van der Waals surface area contributed by atoms with Crippen LogP contribution >= 0.6 is 0 Å². The van der Waals surface area contributed by atoms with Gasteiger partial charge in [0.05, 0.1) is 20.1 Å². The summed E-state index contributed by atoms with van der Waals surface area (Å²) in [6.07, 6.45) is 0.627. The van der Waals surface area contributed by atoms with Crippen molar-refractivity contribution in [2.75, 3.05) is 13.7 Å². The monoisotopic (exact) mass is 343 g/mol. The molecule has 0 radical (unpaired) electrons. The molecule has 2 aromatic carbocycles. The molecule has 25 heavy (non-hydrogen) atoms. The van der Waals surface area contributed by atoms with Gasteiger partial charge in [-0.1, -0.05) is 49.4 Å². The van der Waals surface area contributed by atoms with Crippen molar-refractivity contribution >= 4 is 5.97 Å². The largest absolute Gasteiger partial charge is 0.493 e. The number of esters is 1. The van der Waals surface area contributed by atoms with Crippen molar-refractivity contribution < 1.29 is 19.4 Å². The molecular weight excluding hydrogens is 318 g/mol. The third kappa shape index (κ3) is 5.89. The first-order chi connectivity index (χ1) is 11.9. The van der Waals surface area contributed by atoms with E-state index >= 15 is 0 Å². The quantitative estimate of drug-likeness (QED) is 0.569. The van der Waals surface area contributed by atoms with E-state index in [-0.39, 0.29) is 18.3 Å². The van der Waals surface area contributed by atoms with Crippen LogP contribution in [0, 0.1) is 5.92 Å². The predicted molar refractivity (Wildman–Crippen MR) is 96.0 cm³/mol. The van der Waals surface area contributed by atoms with Gasteiger partial charge in [-0.3, -0.25) is 10.5 Å². The van der Waals surface area contributed by atoms with Crippen LogP contribution in [0.3, 0.4) is 0 Å². The van der Waals surface area contributed by atoms with E-state index in [1.165, 1.54) is 7.11 Å². The van der Waals surface area contributed by atoms with Crippen LogP contribution < -0.4 is 10.5 Å². The van der Waals surface area contributed by atoms with Crippen molar-refractivity contribution in [3.8, 4) is 5.75 Å². The Morgan fingerprint density at radius 2 is 1.80 bits per heavy atom. The van der Waals surface area contributed by atoms with E-state index in [0.717, 1.165) is 5.56 Å². The molecule has 0 saturated carbocycles. The molecule has 2 rings (SSSR count). The lowest BCUT2D eigenvalue weighted by Gasteiger charge is -2.27. The standard InChI is InChI=1S/C20H25NO4/c1-15(13-20(21,23)17-6-4-3-5-7-17)14-25-18-10-8-16(9-11-18)12-19(22)24-2/h3-11,15,23H,12-14,21H2,1-2H3/t15-,20+/m0/s1. The number of benzene rings is 2. The van der Waals surface area contributed by atoms with Gasteiger partial charge < -0.3 is 14.6 Å². The average molecular weight is 343 g/mol. The molecule has 5 heteroatoms. The Kier molecular flexibility index (Phi) is 6.56. The van der Waals surface area contributed by atoms with Crippen LogP contribution in [-0.2, 0) is 21.7 Å². The van der Waals surface area contributed by atoms with Gasteiger partial charge in [-0.15, -0.1) is 0 Å². The molecule has 0 amide bonds. The minimum absolute atomic E-state index is 0.0601. The van der Waals surface area contributed by atoms with Crippen molar-refractivity contribution in [3.05, 3.63) is 65.7 Å². The summed E-state index contributed by atoms with van der Waals surface area (Å²) in [5.74, 6) is 0.496. The maximum atomic E-state index is 11.2. The lowest BCUT2D eigenvalue weighted by atomic mass is 9.93. The molecule has 0 fully saturated rings. The molecule has 2 atom stereocenters. The maximum absolute atomic E-state index is 11.2. The Hall–Kier alpha value is -2.37.